The monoisotopic (exact) mass is 442 g/mol. The predicted molar refractivity (Wildman–Crippen MR) is 29.0 cm³/mol. The minimum Gasteiger partial charge on any atom is -0.822 e. The first-order valence-electron chi connectivity index (χ1n) is 2.24. The van der Waals surface area contributed by atoms with Crippen molar-refractivity contribution in [3.8, 4) is 0 Å². The van der Waals surface area contributed by atoms with E-state index in [4.69, 9.17) is 43.3 Å². The van der Waals surface area contributed by atoms with Crippen molar-refractivity contribution in [3.63, 3.8) is 0 Å². The van der Waals surface area contributed by atoms with Gasteiger partial charge in [-0.15, -0.1) is 0 Å². The van der Waals surface area contributed by atoms with Crippen LogP contribution in [0, 0.1) is 0 Å². The number of rotatable bonds is 0. The van der Waals surface area contributed by atoms with Crippen molar-refractivity contribution < 1.29 is 102 Å². The molecule has 0 heterocycles. The molecule has 0 aliphatic rings. The Morgan fingerprint density at radius 3 is 0.706 bits per heavy atom. The third-order valence-electron chi connectivity index (χ3n) is 0. The first-order chi connectivity index (χ1) is 5.73. The molecule has 0 aromatic heterocycles. The molecule has 11 nitrogen and oxygen atoms in total. The number of amides is 2. The summed E-state index contributed by atoms with van der Waals surface area (Å²) in [6.45, 7) is 0. The van der Waals surface area contributed by atoms with Crippen molar-refractivity contribution in [1.29, 1.82) is 0 Å². The number of phosphoric acid groups is 2. The minimum atomic E-state index is -5.39. The molecule has 17 heavy (non-hydrogen) atoms. The van der Waals surface area contributed by atoms with Crippen LogP contribution in [0.25, 0.3) is 0 Å². The van der Waals surface area contributed by atoms with Gasteiger partial charge in [-0.25, -0.2) is 4.79 Å². The van der Waals surface area contributed by atoms with Crippen LogP contribution < -0.4 is 40.8 Å². The van der Waals surface area contributed by atoms with E-state index in [2.05, 4.69) is 11.5 Å². The molecule has 0 aliphatic heterocycles. The molecule has 0 radical (unpaired) electrons. The van der Waals surface area contributed by atoms with Crippen LogP contribution in [0.2, 0.25) is 0 Å². The maximum Gasteiger partial charge on any atom is 2.00 e. The van der Waals surface area contributed by atoms with Gasteiger partial charge in [-0.1, -0.05) is 0 Å². The van der Waals surface area contributed by atoms with Crippen LogP contribution >= 0.6 is 15.6 Å². The summed E-state index contributed by atoms with van der Waals surface area (Å²) in [6, 6.07) is -0.833. The predicted octanol–water partition coefficient (Wildman–Crippen LogP) is -6.63. The summed E-state index contributed by atoms with van der Waals surface area (Å²) in [5.41, 5.74) is 8.50. The molecule has 0 aliphatic carbocycles. The number of hydrogen-bond donors (Lipinski definition) is 2. The van der Waals surface area contributed by atoms with Gasteiger partial charge >= 0.3 is 64.5 Å². The quantitative estimate of drug-likeness (QED) is 0.265. The van der Waals surface area contributed by atoms with Crippen LogP contribution in [-0.4, -0.2) is 6.03 Å². The summed E-state index contributed by atoms with van der Waals surface area (Å²) in [4.78, 5) is 60.3. The zero-order chi connectivity index (χ0) is 12.6. The second-order valence-corrected chi connectivity index (χ2v) is 3.09. The van der Waals surface area contributed by atoms with Crippen LogP contribution in [-0.2, 0) is 67.6 Å². The Kier molecular flexibility index (Phi) is 37.0. The van der Waals surface area contributed by atoms with E-state index < -0.39 is 21.7 Å². The molecule has 0 aromatic rings. The summed E-state index contributed by atoms with van der Waals surface area (Å²) in [6.07, 6.45) is 0. The van der Waals surface area contributed by atoms with Gasteiger partial charge in [0.15, 0.2) is 0 Å². The molecule has 0 spiro atoms. The van der Waals surface area contributed by atoms with E-state index in [9.17, 15) is 0 Å². The topological polar surface area (TPSA) is 242 Å². The number of primary amides is 2. The summed E-state index contributed by atoms with van der Waals surface area (Å²) in [7, 11) is -10.8. The van der Waals surface area contributed by atoms with E-state index >= 15 is 0 Å². The van der Waals surface area contributed by atoms with Crippen molar-refractivity contribution in [3.05, 3.63) is 0 Å². The van der Waals surface area contributed by atoms with Crippen molar-refractivity contribution in [2.75, 3.05) is 0 Å². The number of nitrogens with two attached hydrogens (primary N) is 2. The third kappa shape index (κ3) is 2210. The van der Waals surface area contributed by atoms with Crippen LogP contribution in [0.1, 0.15) is 0 Å². The zero-order valence-electron chi connectivity index (χ0n) is 8.34. The van der Waals surface area contributed by atoms with E-state index in [-0.39, 0.29) is 58.4 Å². The fraction of sp³-hybridized carbons (Fsp3) is 0. The Morgan fingerprint density at radius 1 is 0.706 bits per heavy atom. The Labute approximate surface area is 134 Å². The largest absolute Gasteiger partial charge is 2.00 e. The van der Waals surface area contributed by atoms with Gasteiger partial charge in [-0.3, -0.25) is 0 Å². The molecule has 16 heteroatoms. The molecular formula is CH4N2O9P2Zn3. The van der Waals surface area contributed by atoms with Crippen LogP contribution in [0.5, 0.6) is 0 Å². The molecule has 0 fully saturated rings. The molecule has 2 amide bonds. The maximum atomic E-state index is 9.00. The first kappa shape index (κ1) is 36.2. The molecule has 0 bridgehead atoms. The van der Waals surface area contributed by atoms with E-state index in [1.165, 1.54) is 0 Å². The van der Waals surface area contributed by atoms with Crippen LogP contribution in [0.15, 0.2) is 0 Å². The van der Waals surface area contributed by atoms with Crippen molar-refractivity contribution in [2.24, 2.45) is 11.5 Å². The van der Waals surface area contributed by atoms with Gasteiger partial charge < -0.3 is 50.0 Å². The van der Waals surface area contributed by atoms with Gasteiger partial charge in [0, 0.05) is 0 Å². The second-order valence-electron chi connectivity index (χ2n) is 1.30. The number of carbonyl (C=O) groups excluding carboxylic acids is 1. The first-order valence-corrected chi connectivity index (χ1v) is 5.16. The average molecular weight is 446 g/mol. The van der Waals surface area contributed by atoms with Gasteiger partial charge in [0.25, 0.3) is 0 Å². The summed E-state index contributed by atoms with van der Waals surface area (Å²) >= 11 is 0. The van der Waals surface area contributed by atoms with E-state index in [1.54, 1.807) is 0 Å². The molecule has 88 valence electrons. The van der Waals surface area contributed by atoms with E-state index in [0.29, 0.717) is 0 Å². The van der Waals surface area contributed by atoms with E-state index in [0.717, 1.165) is 0 Å². The molecule has 0 saturated heterocycles. The molecule has 0 aromatic carbocycles. The third-order valence-corrected chi connectivity index (χ3v) is 0. The Balaban J connectivity index is -0.0000000247. The van der Waals surface area contributed by atoms with Gasteiger partial charge in [0.2, 0.25) is 0 Å². The molecule has 0 atom stereocenters. The normalized spacial score (nSPS) is 8.35. The molecule has 0 rings (SSSR count). The smallest absolute Gasteiger partial charge is 0.822 e. The van der Waals surface area contributed by atoms with Crippen molar-refractivity contribution in [1.82, 2.24) is 0 Å². The fourth-order valence-electron chi connectivity index (χ4n) is 0. The summed E-state index contributed by atoms with van der Waals surface area (Å²) in [5.74, 6) is 0. The minimum absolute atomic E-state index is 0. The van der Waals surface area contributed by atoms with Gasteiger partial charge in [-0.05, 0) is 0 Å². The number of urea groups is 1. The fourth-order valence-corrected chi connectivity index (χ4v) is 0. The summed E-state index contributed by atoms with van der Waals surface area (Å²) in [5, 5.41) is 0. The van der Waals surface area contributed by atoms with Gasteiger partial charge in [-0.2, -0.15) is 15.6 Å². The van der Waals surface area contributed by atoms with Gasteiger partial charge in [0.05, 0.1) is 0 Å². The molecule has 0 saturated carbocycles. The van der Waals surface area contributed by atoms with Gasteiger partial charge in [0.1, 0.15) is 0 Å². The Hall–Kier alpha value is 1.36. The van der Waals surface area contributed by atoms with Crippen molar-refractivity contribution >= 4 is 21.7 Å². The number of hydrogen-bond acceptors (Lipinski definition) is 9. The van der Waals surface area contributed by atoms with Crippen LogP contribution in [0.3, 0.4) is 0 Å². The Bertz CT molecular complexity index is 208. The standard InChI is InChI=1S/CH4N2O.2H3O4P.3Zn/c2-1(3)4;2*1-5(2,3)4;;;/h(H4,2,3,4);2*(H3,1,2,3,4);;;/q;;;3*+2/p-6. The Morgan fingerprint density at radius 2 is 0.706 bits per heavy atom. The van der Waals surface area contributed by atoms with E-state index in [1.807, 2.05) is 0 Å². The molecule has 4 N–H and O–H groups in total. The van der Waals surface area contributed by atoms with Crippen LogP contribution in [0.4, 0.5) is 4.79 Å². The average Bonchev–Trinajstić information content (AvgIpc) is 1.45. The zero-order valence-corrected chi connectivity index (χ0v) is 19.0. The van der Waals surface area contributed by atoms with Crippen molar-refractivity contribution in [2.45, 2.75) is 0 Å². The second kappa shape index (κ2) is 17.4. The number of carbonyl (C=O) groups is 1. The molecule has 0 unspecified atom stereocenters. The summed E-state index contributed by atoms with van der Waals surface area (Å²) < 4.78 is 17.1. The molecular weight excluding hydrogens is 442 g/mol. The SMILES string of the molecule is NC(N)=O.O=P([O-])([O-])[O-].O=P([O-])([O-])[O-].[Zn+2].[Zn+2].[Zn+2]. The maximum absolute atomic E-state index is 9.00.